The van der Waals surface area contributed by atoms with Gasteiger partial charge < -0.3 is 16.0 Å². The first-order chi connectivity index (χ1) is 11.7. The third-order valence-electron chi connectivity index (χ3n) is 3.39. The SMILES string of the molecule is CNC(=O)CNC(=O)Nc1ccccc1-c1nc2ccccc2s1. The van der Waals surface area contributed by atoms with E-state index in [9.17, 15) is 9.59 Å². The fourth-order valence-electron chi connectivity index (χ4n) is 2.18. The lowest BCUT2D eigenvalue weighted by Gasteiger charge is -2.10. The Morgan fingerprint density at radius 2 is 1.83 bits per heavy atom. The predicted molar refractivity (Wildman–Crippen MR) is 96.1 cm³/mol. The molecule has 1 heterocycles. The second kappa shape index (κ2) is 7.10. The lowest BCUT2D eigenvalue weighted by atomic mass is 10.2. The van der Waals surface area contributed by atoms with Crippen molar-refractivity contribution in [2.24, 2.45) is 0 Å². The highest BCUT2D eigenvalue weighted by Crippen LogP contribution is 2.34. The topological polar surface area (TPSA) is 83.1 Å². The molecule has 3 aromatic rings. The number of anilines is 1. The number of benzene rings is 2. The standard InChI is InChI=1S/C17H16N4O2S/c1-18-15(22)10-19-17(23)21-12-7-3-2-6-11(12)16-20-13-8-4-5-9-14(13)24-16/h2-9H,10H2,1H3,(H,18,22)(H2,19,21,23). The van der Waals surface area contributed by atoms with Gasteiger partial charge in [0.2, 0.25) is 5.91 Å². The van der Waals surface area contributed by atoms with Crippen molar-refractivity contribution in [3.63, 3.8) is 0 Å². The summed E-state index contributed by atoms with van der Waals surface area (Å²) in [6.45, 7) is -0.0777. The number of nitrogens with zero attached hydrogens (tertiary/aromatic N) is 1. The van der Waals surface area contributed by atoms with Crippen LogP contribution in [0.2, 0.25) is 0 Å². The molecule has 6 nitrogen and oxygen atoms in total. The van der Waals surface area contributed by atoms with Gasteiger partial charge in [0, 0.05) is 12.6 Å². The van der Waals surface area contributed by atoms with Gasteiger partial charge in [0.25, 0.3) is 0 Å². The third kappa shape index (κ3) is 3.52. The van der Waals surface area contributed by atoms with E-state index in [0.717, 1.165) is 20.8 Å². The van der Waals surface area contributed by atoms with E-state index in [1.807, 2.05) is 42.5 Å². The van der Waals surface area contributed by atoms with Crippen molar-refractivity contribution < 1.29 is 9.59 Å². The zero-order valence-electron chi connectivity index (χ0n) is 13.0. The molecule has 0 unspecified atom stereocenters. The van der Waals surface area contributed by atoms with Gasteiger partial charge in [0.15, 0.2) is 0 Å². The summed E-state index contributed by atoms with van der Waals surface area (Å²) in [5.41, 5.74) is 2.41. The summed E-state index contributed by atoms with van der Waals surface area (Å²) in [5, 5.41) is 8.56. The summed E-state index contributed by atoms with van der Waals surface area (Å²) in [4.78, 5) is 27.8. The van der Waals surface area contributed by atoms with E-state index in [1.165, 1.54) is 7.05 Å². The van der Waals surface area contributed by atoms with Gasteiger partial charge in [0.05, 0.1) is 22.4 Å². The molecule has 0 spiro atoms. The van der Waals surface area contributed by atoms with Gasteiger partial charge in [-0.15, -0.1) is 11.3 Å². The van der Waals surface area contributed by atoms with Crippen LogP contribution in [-0.4, -0.2) is 30.5 Å². The maximum atomic E-state index is 12.0. The molecule has 1 aromatic heterocycles. The van der Waals surface area contributed by atoms with Crippen LogP contribution in [0.3, 0.4) is 0 Å². The molecule has 0 fully saturated rings. The molecule has 7 heteroatoms. The van der Waals surface area contributed by atoms with Crippen LogP contribution in [-0.2, 0) is 4.79 Å². The van der Waals surface area contributed by atoms with E-state index in [2.05, 4.69) is 20.9 Å². The van der Waals surface area contributed by atoms with Crippen LogP contribution >= 0.6 is 11.3 Å². The van der Waals surface area contributed by atoms with Gasteiger partial charge in [-0.05, 0) is 24.3 Å². The molecule has 0 bridgehead atoms. The maximum Gasteiger partial charge on any atom is 0.319 e. The highest BCUT2D eigenvalue weighted by Gasteiger charge is 2.12. The minimum absolute atomic E-state index is 0.0777. The van der Waals surface area contributed by atoms with Crippen molar-refractivity contribution >= 4 is 39.2 Å². The molecule has 122 valence electrons. The molecule has 0 aliphatic rings. The minimum Gasteiger partial charge on any atom is -0.358 e. The Morgan fingerprint density at radius 1 is 1.08 bits per heavy atom. The molecule has 0 atom stereocenters. The number of nitrogens with one attached hydrogen (secondary N) is 3. The molecule has 0 saturated carbocycles. The van der Waals surface area contributed by atoms with Gasteiger partial charge in [-0.1, -0.05) is 24.3 Å². The number of aromatic nitrogens is 1. The molecule has 0 aliphatic carbocycles. The van der Waals surface area contributed by atoms with E-state index in [0.29, 0.717) is 5.69 Å². The summed E-state index contributed by atoms with van der Waals surface area (Å²) < 4.78 is 1.09. The van der Waals surface area contributed by atoms with Crippen LogP contribution in [0.4, 0.5) is 10.5 Å². The Balaban J connectivity index is 1.82. The van der Waals surface area contributed by atoms with E-state index in [4.69, 9.17) is 0 Å². The minimum atomic E-state index is -0.438. The Bertz CT molecular complexity index is 858. The number of fused-ring (bicyclic) bond motifs is 1. The first-order valence-corrected chi connectivity index (χ1v) is 8.19. The molecular formula is C17H16N4O2S. The van der Waals surface area contributed by atoms with Crippen LogP contribution in [0.15, 0.2) is 48.5 Å². The molecule has 0 aliphatic heterocycles. The molecule has 3 N–H and O–H groups in total. The van der Waals surface area contributed by atoms with Gasteiger partial charge in [-0.3, -0.25) is 4.79 Å². The van der Waals surface area contributed by atoms with Crippen LogP contribution in [0.5, 0.6) is 0 Å². The molecule has 2 aromatic carbocycles. The Morgan fingerprint density at radius 3 is 2.62 bits per heavy atom. The van der Waals surface area contributed by atoms with Crippen LogP contribution in [0.1, 0.15) is 0 Å². The first-order valence-electron chi connectivity index (χ1n) is 7.38. The predicted octanol–water partition coefficient (Wildman–Crippen LogP) is 2.83. The summed E-state index contributed by atoms with van der Waals surface area (Å²) >= 11 is 1.57. The number of amides is 3. The number of hydrogen-bond acceptors (Lipinski definition) is 4. The normalized spacial score (nSPS) is 10.4. The van der Waals surface area contributed by atoms with Crippen molar-refractivity contribution in [1.82, 2.24) is 15.6 Å². The lowest BCUT2D eigenvalue weighted by Crippen LogP contribution is -2.37. The average Bonchev–Trinajstić information content (AvgIpc) is 3.04. The Labute approximate surface area is 142 Å². The molecule has 24 heavy (non-hydrogen) atoms. The van der Waals surface area contributed by atoms with Crippen molar-refractivity contribution in [3.05, 3.63) is 48.5 Å². The molecule has 0 radical (unpaired) electrons. The number of hydrogen-bond donors (Lipinski definition) is 3. The zero-order valence-corrected chi connectivity index (χ0v) is 13.8. The van der Waals surface area contributed by atoms with Gasteiger partial charge in [0.1, 0.15) is 5.01 Å². The van der Waals surface area contributed by atoms with Crippen molar-refractivity contribution in [1.29, 1.82) is 0 Å². The van der Waals surface area contributed by atoms with Gasteiger partial charge in [-0.2, -0.15) is 0 Å². The Kier molecular flexibility index (Phi) is 4.72. The molecule has 0 saturated heterocycles. The lowest BCUT2D eigenvalue weighted by molar-refractivity contribution is -0.119. The highest BCUT2D eigenvalue weighted by molar-refractivity contribution is 7.21. The number of thiazole rings is 1. The second-order valence-corrected chi connectivity index (χ2v) is 6.04. The number of urea groups is 1. The fraction of sp³-hybridized carbons (Fsp3) is 0.118. The molecule has 3 rings (SSSR count). The van der Waals surface area contributed by atoms with Gasteiger partial charge >= 0.3 is 6.03 Å². The van der Waals surface area contributed by atoms with Crippen LogP contribution < -0.4 is 16.0 Å². The first kappa shape index (κ1) is 15.9. The smallest absolute Gasteiger partial charge is 0.319 e. The zero-order chi connectivity index (χ0) is 16.9. The van der Waals surface area contributed by atoms with Crippen LogP contribution in [0.25, 0.3) is 20.8 Å². The number of likely N-dealkylation sites (N-methyl/N-ethyl adjacent to an activating group) is 1. The quantitative estimate of drug-likeness (QED) is 0.683. The summed E-state index contributed by atoms with van der Waals surface area (Å²) in [6, 6.07) is 14.9. The summed E-state index contributed by atoms with van der Waals surface area (Å²) in [6.07, 6.45) is 0. The fourth-order valence-corrected chi connectivity index (χ4v) is 3.19. The third-order valence-corrected chi connectivity index (χ3v) is 4.46. The molecular weight excluding hydrogens is 324 g/mol. The van der Waals surface area contributed by atoms with E-state index >= 15 is 0 Å². The number of para-hydroxylation sites is 2. The van der Waals surface area contributed by atoms with Crippen molar-refractivity contribution in [3.8, 4) is 10.6 Å². The summed E-state index contributed by atoms with van der Waals surface area (Å²) in [5.74, 6) is -0.260. The second-order valence-electron chi connectivity index (χ2n) is 5.01. The summed E-state index contributed by atoms with van der Waals surface area (Å²) in [7, 11) is 1.52. The van der Waals surface area contributed by atoms with Crippen molar-refractivity contribution in [2.75, 3.05) is 18.9 Å². The monoisotopic (exact) mass is 340 g/mol. The van der Waals surface area contributed by atoms with Gasteiger partial charge in [-0.25, -0.2) is 9.78 Å². The number of carbonyl (C=O) groups excluding carboxylic acids is 2. The van der Waals surface area contributed by atoms with E-state index in [1.54, 1.807) is 17.4 Å². The van der Waals surface area contributed by atoms with Crippen LogP contribution in [0, 0.1) is 0 Å². The van der Waals surface area contributed by atoms with E-state index < -0.39 is 6.03 Å². The maximum absolute atomic E-state index is 12.0. The van der Waals surface area contributed by atoms with Crippen molar-refractivity contribution in [2.45, 2.75) is 0 Å². The largest absolute Gasteiger partial charge is 0.358 e. The highest BCUT2D eigenvalue weighted by atomic mass is 32.1. The number of rotatable bonds is 4. The Hall–Kier alpha value is -2.93. The number of carbonyl (C=O) groups is 2. The molecule has 3 amide bonds. The average molecular weight is 340 g/mol. The van der Waals surface area contributed by atoms with E-state index in [-0.39, 0.29) is 12.5 Å².